The standard InChI is InChI=1S/C10H16N2O2S/c1-7(5-9(11)13)12-6-8-3-4-10(14-2)15-8/h3-4,7,12H,5-6H2,1-2H3,(H2,11,13). The smallest absolute Gasteiger partial charge is 0.218 e. The molecule has 0 radical (unpaired) electrons. The van der Waals surface area contributed by atoms with Crippen LogP contribution in [-0.2, 0) is 11.3 Å². The van der Waals surface area contributed by atoms with E-state index in [2.05, 4.69) is 5.32 Å². The monoisotopic (exact) mass is 228 g/mol. The number of thiophene rings is 1. The van der Waals surface area contributed by atoms with E-state index in [1.54, 1.807) is 18.4 Å². The van der Waals surface area contributed by atoms with Gasteiger partial charge in [0.05, 0.1) is 7.11 Å². The molecule has 0 aliphatic carbocycles. The first kappa shape index (κ1) is 12.0. The molecule has 1 rings (SSSR count). The number of primary amides is 1. The van der Waals surface area contributed by atoms with Gasteiger partial charge in [-0.05, 0) is 19.1 Å². The SMILES string of the molecule is COc1ccc(CNC(C)CC(N)=O)s1. The zero-order valence-electron chi connectivity index (χ0n) is 8.95. The minimum Gasteiger partial charge on any atom is -0.487 e. The van der Waals surface area contributed by atoms with Crippen LogP contribution in [0.4, 0.5) is 0 Å². The van der Waals surface area contributed by atoms with Gasteiger partial charge in [-0.15, -0.1) is 11.3 Å². The van der Waals surface area contributed by atoms with E-state index in [4.69, 9.17) is 10.5 Å². The highest BCUT2D eigenvalue weighted by Crippen LogP contribution is 2.23. The number of ether oxygens (including phenoxy) is 1. The molecule has 0 saturated heterocycles. The molecule has 0 aliphatic heterocycles. The number of amides is 1. The van der Waals surface area contributed by atoms with E-state index in [1.165, 1.54) is 4.88 Å². The maximum Gasteiger partial charge on any atom is 0.218 e. The molecule has 0 aliphatic rings. The fourth-order valence-electron chi connectivity index (χ4n) is 1.21. The van der Waals surface area contributed by atoms with Crippen molar-refractivity contribution in [2.75, 3.05) is 7.11 Å². The van der Waals surface area contributed by atoms with Crippen molar-refractivity contribution in [1.29, 1.82) is 0 Å². The molecule has 5 heteroatoms. The third-order valence-corrected chi connectivity index (χ3v) is 3.02. The van der Waals surface area contributed by atoms with Gasteiger partial charge in [0.1, 0.15) is 0 Å². The summed E-state index contributed by atoms with van der Waals surface area (Å²) in [7, 11) is 1.65. The Kier molecular flexibility index (Phi) is 4.58. The first-order valence-corrected chi connectivity index (χ1v) is 5.58. The molecule has 1 atom stereocenters. The topological polar surface area (TPSA) is 64.3 Å². The number of carbonyl (C=O) groups excluding carboxylic acids is 1. The molecule has 1 heterocycles. The Morgan fingerprint density at radius 2 is 2.40 bits per heavy atom. The van der Waals surface area contributed by atoms with Crippen LogP contribution in [0.25, 0.3) is 0 Å². The van der Waals surface area contributed by atoms with Crippen molar-refractivity contribution in [3.63, 3.8) is 0 Å². The lowest BCUT2D eigenvalue weighted by molar-refractivity contribution is -0.118. The molecule has 0 saturated carbocycles. The molecule has 0 fully saturated rings. The van der Waals surface area contributed by atoms with Crippen LogP contribution < -0.4 is 15.8 Å². The second-order valence-corrected chi connectivity index (χ2v) is 4.51. The summed E-state index contributed by atoms with van der Waals surface area (Å²) in [6.45, 7) is 2.68. The van der Waals surface area contributed by atoms with Gasteiger partial charge in [-0.25, -0.2) is 0 Å². The first-order chi connectivity index (χ1) is 7.11. The van der Waals surface area contributed by atoms with Crippen LogP contribution in [0.5, 0.6) is 5.06 Å². The molecule has 3 N–H and O–H groups in total. The summed E-state index contributed by atoms with van der Waals surface area (Å²) in [5.41, 5.74) is 5.09. The number of hydrogen-bond acceptors (Lipinski definition) is 4. The number of nitrogens with two attached hydrogens (primary N) is 1. The largest absolute Gasteiger partial charge is 0.487 e. The molecule has 4 nitrogen and oxygen atoms in total. The lowest BCUT2D eigenvalue weighted by Crippen LogP contribution is -2.30. The number of rotatable bonds is 6. The van der Waals surface area contributed by atoms with Gasteiger partial charge < -0.3 is 15.8 Å². The van der Waals surface area contributed by atoms with Crippen molar-refractivity contribution >= 4 is 17.2 Å². The highest BCUT2D eigenvalue weighted by atomic mass is 32.1. The quantitative estimate of drug-likeness (QED) is 0.766. The number of nitrogens with one attached hydrogen (secondary N) is 1. The molecule has 84 valence electrons. The van der Waals surface area contributed by atoms with Crippen LogP contribution >= 0.6 is 11.3 Å². The number of methoxy groups -OCH3 is 1. The van der Waals surface area contributed by atoms with Crippen LogP contribution in [0.2, 0.25) is 0 Å². The van der Waals surface area contributed by atoms with Gasteiger partial charge >= 0.3 is 0 Å². The molecule has 0 aromatic carbocycles. The average molecular weight is 228 g/mol. The number of hydrogen-bond donors (Lipinski definition) is 2. The minimum absolute atomic E-state index is 0.107. The Morgan fingerprint density at radius 3 is 2.93 bits per heavy atom. The Hall–Kier alpha value is -1.07. The summed E-state index contributed by atoms with van der Waals surface area (Å²) >= 11 is 1.59. The molecule has 0 bridgehead atoms. The zero-order chi connectivity index (χ0) is 11.3. The Morgan fingerprint density at radius 1 is 1.67 bits per heavy atom. The van der Waals surface area contributed by atoms with Gasteiger partial charge in [-0.1, -0.05) is 0 Å². The summed E-state index contributed by atoms with van der Waals surface area (Å²) in [6, 6.07) is 4.05. The lowest BCUT2D eigenvalue weighted by Gasteiger charge is -2.10. The highest BCUT2D eigenvalue weighted by Gasteiger charge is 2.06. The molecule has 15 heavy (non-hydrogen) atoms. The van der Waals surface area contributed by atoms with Crippen LogP contribution in [0, 0.1) is 0 Å². The maximum atomic E-state index is 10.6. The van der Waals surface area contributed by atoms with Crippen LogP contribution in [0.3, 0.4) is 0 Å². The third kappa shape index (κ3) is 4.31. The molecule has 1 amide bonds. The van der Waals surface area contributed by atoms with Crippen LogP contribution in [0.15, 0.2) is 12.1 Å². The van der Waals surface area contributed by atoms with E-state index in [9.17, 15) is 4.79 Å². The fourth-order valence-corrected chi connectivity index (χ4v) is 1.98. The molecule has 1 aromatic rings. The highest BCUT2D eigenvalue weighted by molar-refractivity contribution is 7.13. The lowest BCUT2D eigenvalue weighted by atomic mass is 10.2. The van der Waals surface area contributed by atoms with Crippen molar-refractivity contribution in [3.05, 3.63) is 17.0 Å². The second kappa shape index (κ2) is 5.72. The van der Waals surface area contributed by atoms with Gasteiger partial charge in [-0.2, -0.15) is 0 Å². The van der Waals surface area contributed by atoms with Gasteiger partial charge in [0, 0.05) is 23.9 Å². The van der Waals surface area contributed by atoms with Crippen LogP contribution in [-0.4, -0.2) is 19.1 Å². The van der Waals surface area contributed by atoms with Crippen molar-refractivity contribution in [2.45, 2.75) is 25.9 Å². The van der Waals surface area contributed by atoms with Crippen molar-refractivity contribution < 1.29 is 9.53 Å². The zero-order valence-corrected chi connectivity index (χ0v) is 9.76. The summed E-state index contributed by atoms with van der Waals surface area (Å²) in [5.74, 6) is -0.279. The summed E-state index contributed by atoms with van der Waals surface area (Å²) in [5, 5.41) is 4.12. The van der Waals surface area contributed by atoms with Gasteiger partial charge in [0.15, 0.2) is 5.06 Å². The Labute approximate surface area is 93.4 Å². The molecular weight excluding hydrogens is 212 g/mol. The molecule has 1 aromatic heterocycles. The minimum atomic E-state index is -0.279. The van der Waals surface area contributed by atoms with Gasteiger partial charge in [-0.3, -0.25) is 4.79 Å². The van der Waals surface area contributed by atoms with Crippen molar-refractivity contribution in [1.82, 2.24) is 5.32 Å². The summed E-state index contributed by atoms with van der Waals surface area (Å²) in [4.78, 5) is 11.8. The first-order valence-electron chi connectivity index (χ1n) is 4.76. The van der Waals surface area contributed by atoms with Gasteiger partial charge in [0.2, 0.25) is 5.91 Å². The summed E-state index contributed by atoms with van der Waals surface area (Å²) < 4.78 is 5.08. The Bertz CT molecular complexity index is 325. The molecule has 0 spiro atoms. The van der Waals surface area contributed by atoms with Crippen LogP contribution in [0.1, 0.15) is 18.2 Å². The van der Waals surface area contributed by atoms with E-state index >= 15 is 0 Å². The van der Waals surface area contributed by atoms with Crippen molar-refractivity contribution in [2.24, 2.45) is 5.73 Å². The summed E-state index contributed by atoms with van der Waals surface area (Å²) in [6.07, 6.45) is 0.364. The van der Waals surface area contributed by atoms with E-state index in [0.717, 1.165) is 11.6 Å². The van der Waals surface area contributed by atoms with E-state index in [0.29, 0.717) is 6.42 Å². The Balaban J connectivity index is 2.33. The fraction of sp³-hybridized carbons (Fsp3) is 0.500. The number of carbonyl (C=O) groups is 1. The van der Waals surface area contributed by atoms with E-state index < -0.39 is 0 Å². The normalized spacial score (nSPS) is 12.4. The predicted octanol–water partition coefficient (Wildman–Crippen LogP) is 1.11. The van der Waals surface area contributed by atoms with Crippen molar-refractivity contribution in [3.8, 4) is 5.06 Å². The molecule has 1 unspecified atom stereocenters. The van der Waals surface area contributed by atoms with E-state index in [-0.39, 0.29) is 11.9 Å². The predicted molar refractivity (Wildman–Crippen MR) is 61.0 cm³/mol. The van der Waals surface area contributed by atoms with Gasteiger partial charge in [0.25, 0.3) is 0 Å². The maximum absolute atomic E-state index is 10.6. The third-order valence-electron chi connectivity index (χ3n) is 1.97. The van der Waals surface area contributed by atoms with E-state index in [1.807, 2.05) is 19.1 Å². The average Bonchev–Trinajstić information content (AvgIpc) is 2.61. The second-order valence-electron chi connectivity index (χ2n) is 3.38. The molecular formula is C10H16N2O2S.